The molecule has 2 unspecified atom stereocenters. The second-order valence-corrected chi connectivity index (χ2v) is 8.14. The van der Waals surface area contributed by atoms with Crippen LogP contribution < -0.4 is 21.3 Å². The number of nitrogens with zero attached hydrogens (tertiary/aromatic N) is 2. The zero-order valence-electron chi connectivity index (χ0n) is 19.4. The number of anilines is 3. The number of aliphatic hydroxyl groups excluding tert-OH is 1. The number of nitrogens with one attached hydrogen (secondary N) is 2. The molecule has 1 aromatic heterocycles. The van der Waals surface area contributed by atoms with Crippen molar-refractivity contribution < 1.29 is 27.9 Å². The van der Waals surface area contributed by atoms with E-state index >= 15 is 0 Å². The van der Waals surface area contributed by atoms with Gasteiger partial charge in [-0.05, 0) is 48.7 Å². The maximum atomic E-state index is 13.0. The van der Waals surface area contributed by atoms with Crippen molar-refractivity contribution in [3.63, 3.8) is 0 Å². The Morgan fingerprint density at radius 3 is 2.58 bits per heavy atom. The van der Waals surface area contributed by atoms with E-state index in [1.165, 1.54) is 0 Å². The van der Waals surface area contributed by atoms with Crippen LogP contribution in [0.15, 0.2) is 67.0 Å². The van der Waals surface area contributed by atoms with Crippen LogP contribution in [-0.2, 0) is 9.59 Å². The van der Waals surface area contributed by atoms with Gasteiger partial charge in [0.2, 0.25) is 12.2 Å². The smallest absolute Gasteiger partial charge is 0.385 e. The highest BCUT2D eigenvalue weighted by molar-refractivity contribution is 5.99. The number of aldehydes is 1. The van der Waals surface area contributed by atoms with Crippen LogP contribution in [0.1, 0.15) is 5.56 Å². The number of nitrogens with two attached hydrogens (primary N) is 1. The molecule has 190 valence electrons. The molecule has 1 aliphatic heterocycles. The summed E-state index contributed by atoms with van der Waals surface area (Å²) in [6, 6.07) is 14.5. The molecule has 3 aromatic rings. The lowest BCUT2D eigenvalue weighted by Gasteiger charge is -2.36. The number of alkyl halides is 3. The van der Waals surface area contributed by atoms with Crippen molar-refractivity contribution in [3.8, 4) is 0 Å². The molecule has 1 saturated heterocycles. The lowest BCUT2D eigenvalue weighted by atomic mass is 10.0. The molecule has 1 aliphatic rings. The monoisotopic (exact) mass is 501 g/mol. The van der Waals surface area contributed by atoms with Gasteiger partial charge in [0.05, 0.1) is 0 Å². The van der Waals surface area contributed by atoms with Gasteiger partial charge in [-0.1, -0.05) is 24.3 Å². The third-order valence-corrected chi connectivity index (χ3v) is 5.48. The summed E-state index contributed by atoms with van der Waals surface area (Å²) in [5.41, 5.74) is 8.94. The Kier molecular flexibility index (Phi) is 8.28. The fraction of sp³-hybridized carbons (Fsp3) is 0.240. The molecule has 2 aromatic carbocycles. The first-order valence-corrected chi connectivity index (χ1v) is 10.9. The molecule has 0 radical (unpaired) electrons. The first kappa shape index (κ1) is 26.6. The van der Waals surface area contributed by atoms with E-state index in [0.29, 0.717) is 24.6 Å². The number of hydrogen-bond acceptors (Lipinski definition) is 7. The maximum absolute atomic E-state index is 13.0. The molecule has 11 heteroatoms. The van der Waals surface area contributed by atoms with Gasteiger partial charge in [0.15, 0.2) is 0 Å². The second-order valence-electron chi connectivity index (χ2n) is 8.14. The third-order valence-electron chi connectivity index (χ3n) is 5.48. The van der Waals surface area contributed by atoms with Crippen molar-refractivity contribution in [1.29, 1.82) is 0 Å². The van der Waals surface area contributed by atoms with Crippen LogP contribution in [0.2, 0.25) is 0 Å². The topological polar surface area (TPSA) is 121 Å². The molecule has 1 fully saturated rings. The highest BCUT2D eigenvalue weighted by Gasteiger charge is 2.35. The number of aliphatic hydroxyl groups is 1. The number of aryl methyl sites for hydroxylation is 1. The zero-order chi connectivity index (χ0) is 26.5. The summed E-state index contributed by atoms with van der Waals surface area (Å²) in [5.74, 6) is 0.282. The van der Waals surface area contributed by atoms with E-state index in [1.54, 1.807) is 11.1 Å². The number of carbonyl (C=O) groups excluding carboxylic acids is 2. The van der Waals surface area contributed by atoms with E-state index < -0.39 is 24.6 Å². The van der Waals surface area contributed by atoms with Crippen molar-refractivity contribution in [2.45, 2.75) is 25.2 Å². The number of rotatable bonds is 5. The number of halogens is 3. The van der Waals surface area contributed by atoms with Crippen LogP contribution in [-0.4, -0.2) is 53.7 Å². The van der Waals surface area contributed by atoms with Gasteiger partial charge in [0, 0.05) is 41.7 Å². The highest BCUT2D eigenvalue weighted by Crippen LogP contribution is 2.25. The molecule has 5 N–H and O–H groups in total. The molecule has 0 aliphatic carbocycles. The van der Waals surface area contributed by atoms with E-state index in [0.717, 1.165) is 27.7 Å². The van der Waals surface area contributed by atoms with Crippen molar-refractivity contribution in [2.24, 2.45) is 0 Å². The summed E-state index contributed by atoms with van der Waals surface area (Å²) < 4.78 is 31.2. The van der Waals surface area contributed by atoms with Crippen molar-refractivity contribution in [3.05, 3.63) is 72.6 Å². The molecule has 4 rings (SSSR count). The Hall–Kier alpha value is -3.96. The van der Waals surface area contributed by atoms with E-state index in [1.807, 2.05) is 55.5 Å². The fourth-order valence-corrected chi connectivity index (χ4v) is 3.66. The summed E-state index contributed by atoms with van der Waals surface area (Å²) in [6.07, 6.45) is -5.15. The van der Waals surface area contributed by atoms with Gasteiger partial charge in [-0.15, -0.1) is 0 Å². The number of benzene rings is 2. The summed E-state index contributed by atoms with van der Waals surface area (Å²) in [7, 11) is 0. The van der Waals surface area contributed by atoms with Gasteiger partial charge in [-0.3, -0.25) is 9.59 Å². The predicted octanol–water partition coefficient (Wildman–Crippen LogP) is 3.16. The zero-order valence-corrected chi connectivity index (χ0v) is 19.4. The first-order valence-electron chi connectivity index (χ1n) is 10.9. The number of nitrogen functional groups attached to an aromatic ring is 1. The number of pyridine rings is 1. The van der Waals surface area contributed by atoms with Gasteiger partial charge in [-0.25, -0.2) is 4.98 Å². The van der Waals surface area contributed by atoms with Crippen molar-refractivity contribution in [1.82, 2.24) is 10.3 Å². The number of fused-ring (bicyclic) bond motifs is 1. The number of carbonyl (C=O) groups is 2. The SMILES string of the molecule is C=C(Nc1ccc2c(N)nccc2c1)C(O)C1NCCN(c2ccc(C)cc2)C1=O.O=CC(F)(F)F. The number of aromatic nitrogens is 1. The molecule has 1 amide bonds. The highest BCUT2D eigenvalue weighted by atomic mass is 19.4. The molecule has 0 spiro atoms. The average molecular weight is 502 g/mol. The first-order chi connectivity index (χ1) is 17.0. The standard InChI is InChI=1S/C23H25N5O2.C2HF3O/c1-14-3-6-18(7-4-14)28-12-11-25-20(23(28)30)21(29)15(2)27-17-5-8-19-16(13-17)9-10-26-22(19)24;3-2(4,5)1-6/h3-10,13,20-21,25,27,29H,2,11-12H2,1H3,(H2,24,26);1H. The molecule has 0 bridgehead atoms. The van der Waals surface area contributed by atoms with Crippen molar-refractivity contribution >= 4 is 40.2 Å². The fourth-order valence-electron chi connectivity index (χ4n) is 3.66. The van der Waals surface area contributed by atoms with Crippen LogP contribution in [0.4, 0.5) is 30.4 Å². The summed E-state index contributed by atoms with van der Waals surface area (Å²) in [5, 5.41) is 18.8. The van der Waals surface area contributed by atoms with Gasteiger partial charge >= 0.3 is 6.18 Å². The molecule has 8 nitrogen and oxygen atoms in total. The minimum atomic E-state index is -4.64. The Morgan fingerprint density at radius 1 is 1.28 bits per heavy atom. The van der Waals surface area contributed by atoms with Crippen LogP contribution in [0.5, 0.6) is 0 Å². The van der Waals surface area contributed by atoms with Gasteiger partial charge in [0.25, 0.3) is 0 Å². The van der Waals surface area contributed by atoms with Crippen LogP contribution in [0.25, 0.3) is 10.8 Å². The number of hydrogen-bond donors (Lipinski definition) is 4. The second kappa shape index (κ2) is 11.2. The molecular formula is C25H26F3N5O3. The van der Waals surface area contributed by atoms with E-state index in [9.17, 15) is 23.1 Å². The molecule has 36 heavy (non-hydrogen) atoms. The lowest BCUT2D eigenvalue weighted by Crippen LogP contribution is -2.60. The normalized spacial score (nSPS) is 16.6. The molecule has 2 atom stereocenters. The van der Waals surface area contributed by atoms with Gasteiger partial charge in [0.1, 0.15) is 18.0 Å². The Balaban J connectivity index is 0.000000538. The summed E-state index contributed by atoms with van der Waals surface area (Å²) in [4.78, 5) is 27.5. The van der Waals surface area contributed by atoms with E-state index in [4.69, 9.17) is 10.5 Å². The molecule has 2 heterocycles. The van der Waals surface area contributed by atoms with Crippen LogP contribution in [0.3, 0.4) is 0 Å². The minimum Gasteiger partial charge on any atom is -0.385 e. The molecular weight excluding hydrogens is 475 g/mol. The lowest BCUT2D eigenvalue weighted by molar-refractivity contribution is -0.156. The minimum absolute atomic E-state index is 0.182. The summed E-state index contributed by atoms with van der Waals surface area (Å²) in [6.45, 7) is 7.09. The quantitative estimate of drug-likeness (QED) is 0.397. The van der Waals surface area contributed by atoms with Gasteiger partial charge in [-0.2, -0.15) is 13.2 Å². The predicted molar refractivity (Wildman–Crippen MR) is 132 cm³/mol. The third kappa shape index (κ3) is 6.58. The van der Waals surface area contributed by atoms with Gasteiger partial charge < -0.3 is 26.4 Å². The average Bonchev–Trinajstić information content (AvgIpc) is 2.84. The Labute approximate surface area is 205 Å². The summed E-state index contributed by atoms with van der Waals surface area (Å²) >= 11 is 0. The largest absolute Gasteiger partial charge is 0.446 e. The Bertz CT molecular complexity index is 1250. The number of piperazine rings is 1. The van der Waals surface area contributed by atoms with E-state index in [2.05, 4.69) is 22.2 Å². The Morgan fingerprint density at radius 2 is 1.94 bits per heavy atom. The molecule has 0 saturated carbocycles. The van der Waals surface area contributed by atoms with E-state index in [-0.39, 0.29) is 5.91 Å². The van der Waals surface area contributed by atoms with Crippen LogP contribution in [0, 0.1) is 6.92 Å². The maximum Gasteiger partial charge on any atom is 0.446 e. The van der Waals surface area contributed by atoms with Crippen LogP contribution >= 0.6 is 0 Å². The number of amides is 1. The van der Waals surface area contributed by atoms with Crippen molar-refractivity contribution in [2.75, 3.05) is 29.0 Å².